The Morgan fingerprint density at radius 3 is 2.82 bits per heavy atom. The first-order valence-electron chi connectivity index (χ1n) is 5.83. The molecule has 1 aromatic carbocycles. The topological polar surface area (TPSA) is 39.1 Å². The molecule has 0 radical (unpaired) electrons. The van der Waals surface area contributed by atoms with Crippen molar-refractivity contribution in [2.75, 3.05) is 18.0 Å². The number of piperazine rings is 1. The van der Waals surface area contributed by atoms with Gasteiger partial charge in [0.15, 0.2) is 0 Å². The molecule has 1 aliphatic rings. The zero-order valence-electron chi connectivity index (χ0n) is 9.86. The Hall–Kier alpha value is -1.24. The van der Waals surface area contributed by atoms with Gasteiger partial charge in [-0.25, -0.2) is 0 Å². The summed E-state index contributed by atoms with van der Waals surface area (Å²) in [5.74, 6) is 0. The molecule has 0 aliphatic carbocycles. The van der Waals surface area contributed by atoms with E-state index in [1.165, 1.54) is 0 Å². The minimum Gasteiger partial charge on any atom is -0.365 e. The predicted octanol–water partition coefficient (Wildman–Crippen LogP) is 2.42. The highest BCUT2D eigenvalue weighted by atomic mass is 35.5. The summed E-state index contributed by atoms with van der Waals surface area (Å²) in [4.78, 5) is 2.29. The Morgan fingerprint density at radius 2 is 2.18 bits per heavy atom. The number of benzene rings is 1. The summed E-state index contributed by atoms with van der Waals surface area (Å²) in [5, 5.41) is 13.0. The van der Waals surface area contributed by atoms with Crippen LogP contribution in [0.25, 0.3) is 0 Å². The van der Waals surface area contributed by atoms with Crippen LogP contribution in [0.5, 0.6) is 0 Å². The molecule has 0 bridgehead atoms. The summed E-state index contributed by atoms with van der Waals surface area (Å²) in [7, 11) is 0. The summed E-state index contributed by atoms with van der Waals surface area (Å²) in [6.45, 7) is 3.94. The summed E-state index contributed by atoms with van der Waals surface area (Å²) >= 11 is 5.89. The molecule has 0 spiro atoms. The first-order chi connectivity index (χ1) is 8.20. The van der Waals surface area contributed by atoms with E-state index in [-0.39, 0.29) is 6.04 Å². The smallest absolute Gasteiger partial charge is 0.0643 e. The number of nitrogens with one attached hydrogen (secondary N) is 1. The first kappa shape index (κ1) is 12.2. The molecule has 0 saturated carbocycles. The van der Waals surface area contributed by atoms with Crippen molar-refractivity contribution in [2.24, 2.45) is 0 Å². The van der Waals surface area contributed by atoms with E-state index in [0.29, 0.717) is 12.5 Å². The lowest BCUT2D eigenvalue weighted by molar-refractivity contribution is 0.412. The molecule has 90 valence electrons. The van der Waals surface area contributed by atoms with E-state index in [0.717, 1.165) is 23.8 Å². The van der Waals surface area contributed by atoms with E-state index >= 15 is 0 Å². The van der Waals surface area contributed by atoms with Crippen LogP contribution in [0, 0.1) is 11.3 Å². The predicted molar refractivity (Wildman–Crippen MR) is 70.3 cm³/mol. The van der Waals surface area contributed by atoms with Crippen LogP contribution in [0.3, 0.4) is 0 Å². The van der Waals surface area contributed by atoms with E-state index in [1.54, 1.807) is 0 Å². The minimum absolute atomic E-state index is 0.248. The van der Waals surface area contributed by atoms with Crippen molar-refractivity contribution in [2.45, 2.75) is 25.4 Å². The van der Waals surface area contributed by atoms with E-state index < -0.39 is 0 Å². The van der Waals surface area contributed by atoms with Crippen molar-refractivity contribution in [1.29, 1.82) is 5.26 Å². The molecule has 0 amide bonds. The molecule has 1 heterocycles. The van der Waals surface area contributed by atoms with Crippen molar-refractivity contribution < 1.29 is 0 Å². The largest absolute Gasteiger partial charge is 0.365 e. The lowest BCUT2D eigenvalue weighted by atomic mass is 10.1. The molecule has 1 aromatic rings. The van der Waals surface area contributed by atoms with Crippen LogP contribution in [0.4, 0.5) is 5.69 Å². The molecule has 1 aliphatic heterocycles. The van der Waals surface area contributed by atoms with Crippen LogP contribution in [0.2, 0.25) is 5.02 Å². The molecule has 3 nitrogen and oxygen atoms in total. The Labute approximate surface area is 107 Å². The second-order valence-corrected chi connectivity index (χ2v) is 4.89. The van der Waals surface area contributed by atoms with Gasteiger partial charge in [0.25, 0.3) is 0 Å². The average Bonchev–Trinajstić information content (AvgIpc) is 2.33. The van der Waals surface area contributed by atoms with Crippen LogP contribution in [0.1, 0.15) is 13.3 Å². The zero-order valence-corrected chi connectivity index (χ0v) is 10.6. The van der Waals surface area contributed by atoms with Gasteiger partial charge in [-0.1, -0.05) is 11.6 Å². The first-order valence-corrected chi connectivity index (χ1v) is 6.21. The third-order valence-electron chi connectivity index (χ3n) is 3.10. The van der Waals surface area contributed by atoms with Gasteiger partial charge >= 0.3 is 0 Å². The van der Waals surface area contributed by atoms with E-state index in [9.17, 15) is 0 Å². The quantitative estimate of drug-likeness (QED) is 0.875. The number of anilines is 1. The summed E-state index contributed by atoms with van der Waals surface area (Å²) in [5.41, 5.74) is 1.14. The van der Waals surface area contributed by atoms with Gasteiger partial charge < -0.3 is 10.2 Å². The average molecular weight is 250 g/mol. The fraction of sp³-hybridized carbons (Fsp3) is 0.462. The molecule has 2 atom stereocenters. The Balaban J connectivity index is 2.19. The standard InChI is InChI=1S/C13H16ClN3/c1-10-9-17(13(6-7-15)8-16-10)12-4-2-11(14)3-5-12/h2-5,10,13,16H,6,8-9H2,1H3. The maximum absolute atomic E-state index is 8.87. The van der Waals surface area contributed by atoms with Gasteiger partial charge in [-0.05, 0) is 31.2 Å². The Morgan fingerprint density at radius 1 is 1.47 bits per heavy atom. The van der Waals surface area contributed by atoms with Crippen molar-refractivity contribution in [3.63, 3.8) is 0 Å². The normalized spacial score (nSPS) is 24.4. The molecule has 2 rings (SSSR count). The number of nitrogens with zero attached hydrogens (tertiary/aromatic N) is 2. The van der Waals surface area contributed by atoms with Crippen LogP contribution in [-0.4, -0.2) is 25.2 Å². The zero-order chi connectivity index (χ0) is 12.3. The highest BCUT2D eigenvalue weighted by Crippen LogP contribution is 2.23. The lowest BCUT2D eigenvalue weighted by Crippen LogP contribution is -2.55. The summed E-state index contributed by atoms with van der Waals surface area (Å²) in [6, 6.07) is 10.8. The molecule has 1 saturated heterocycles. The van der Waals surface area contributed by atoms with Crippen LogP contribution >= 0.6 is 11.6 Å². The highest BCUT2D eigenvalue weighted by molar-refractivity contribution is 6.30. The van der Waals surface area contributed by atoms with Crippen LogP contribution in [-0.2, 0) is 0 Å². The van der Waals surface area contributed by atoms with Gasteiger partial charge in [0.2, 0.25) is 0 Å². The van der Waals surface area contributed by atoms with E-state index in [2.05, 4.69) is 23.2 Å². The number of hydrogen-bond donors (Lipinski definition) is 1. The minimum atomic E-state index is 0.248. The van der Waals surface area contributed by atoms with Gasteiger partial charge in [-0.3, -0.25) is 0 Å². The van der Waals surface area contributed by atoms with Gasteiger partial charge in [-0.2, -0.15) is 5.26 Å². The fourth-order valence-corrected chi connectivity index (χ4v) is 2.32. The second kappa shape index (κ2) is 5.39. The van der Waals surface area contributed by atoms with Crippen molar-refractivity contribution in [3.8, 4) is 6.07 Å². The third-order valence-corrected chi connectivity index (χ3v) is 3.35. The SMILES string of the molecule is CC1CN(c2ccc(Cl)cc2)C(CC#N)CN1. The van der Waals surface area contributed by atoms with Crippen molar-refractivity contribution >= 4 is 17.3 Å². The number of rotatable bonds is 2. The molecular weight excluding hydrogens is 234 g/mol. The Bertz CT molecular complexity index is 410. The Kier molecular flexibility index (Phi) is 3.88. The van der Waals surface area contributed by atoms with Gasteiger partial charge in [-0.15, -0.1) is 0 Å². The number of halogens is 1. The molecule has 1 N–H and O–H groups in total. The van der Waals surface area contributed by atoms with Crippen molar-refractivity contribution in [3.05, 3.63) is 29.3 Å². The van der Waals surface area contributed by atoms with E-state index in [1.807, 2.05) is 24.3 Å². The fourth-order valence-electron chi connectivity index (χ4n) is 2.19. The molecule has 2 unspecified atom stereocenters. The van der Waals surface area contributed by atoms with Gasteiger partial charge in [0.1, 0.15) is 0 Å². The van der Waals surface area contributed by atoms with Gasteiger partial charge in [0, 0.05) is 29.8 Å². The summed E-state index contributed by atoms with van der Waals surface area (Å²) < 4.78 is 0. The second-order valence-electron chi connectivity index (χ2n) is 4.45. The lowest BCUT2D eigenvalue weighted by Gasteiger charge is -2.40. The molecule has 0 aromatic heterocycles. The molecule has 17 heavy (non-hydrogen) atoms. The molecule has 4 heteroatoms. The third kappa shape index (κ3) is 2.91. The van der Waals surface area contributed by atoms with Crippen LogP contribution < -0.4 is 10.2 Å². The maximum atomic E-state index is 8.87. The molecule has 1 fully saturated rings. The monoisotopic (exact) mass is 249 g/mol. The number of nitriles is 1. The molecular formula is C13H16ClN3. The van der Waals surface area contributed by atoms with Crippen molar-refractivity contribution in [1.82, 2.24) is 5.32 Å². The maximum Gasteiger partial charge on any atom is 0.0643 e. The van der Waals surface area contributed by atoms with Crippen LogP contribution in [0.15, 0.2) is 24.3 Å². The number of hydrogen-bond acceptors (Lipinski definition) is 3. The highest BCUT2D eigenvalue weighted by Gasteiger charge is 2.25. The van der Waals surface area contributed by atoms with E-state index in [4.69, 9.17) is 16.9 Å². The van der Waals surface area contributed by atoms with Gasteiger partial charge in [0.05, 0.1) is 18.5 Å². The summed E-state index contributed by atoms with van der Waals surface area (Å²) in [6.07, 6.45) is 0.544.